The van der Waals surface area contributed by atoms with Crippen molar-refractivity contribution in [2.45, 2.75) is 0 Å². The van der Waals surface area contributed by atoms with Gasteiger partial charge >= 0.3 is 0 Å². The third kappa shape index (κ3) is 3.45. The van der Waals surface area contributed by atoms with Crippen molar-refractivity contribution < 1.29 is 9.66 Å². The first-order valence-electron chi connectivity index (χ1n) is 6.14. The highest BCUT2D eigenvalue weighted by atomic mass is 16.6. The van der Waals surface area contributed by atoms with E-state index in [-0.39, 0.29) is 5.69 Å². The van der Waals surface area contributed by atoms with E-state index in [9.17, 15) is 15.4 Å². The Morgan fingerprint density at radius 3 is 2.57 bits per heavy atom. The average Bonchev–Trinajstić information content (AvgIpc) is 2.53. The van der Waals surface area contributed by atoms with Crippen molar-refractivity contribution in [3.05, 3.63) is 69.8 Å². The van der Waals surface area contributed by atoms with Gasteiger partial charge in [0.25, 0.3) is 5.69 Å². The minimum Gasteiger partial charge on any atom is -0.497 e. The van der Waals surface area contributed by atoms with Gasteiger partial charge in [0.1, 0.15) is 5.75 Å². The van der Waals surface area contributed by atoms with E-state index in [0.717, 1.165) is 5.56 Å². The third-order valence-corrected chi connectivity index (χ3v) is 2.91. The highest BCUT2D eigenvalue weighted by Gasteiger charge is 2.07. The molecule has 2 aromatic rings. The summed E-state index contributed by atoms with van der Waals surface area (Å²) in [7, 11) is 1.57. The highest BCUT2D eigenvalue weighted by molar-refractivity contribution is 5.89. The quantitative estimate of drug-likeness (QED) is 0.370. The molecule has 0 heterocycles. The number of nitro groups is 1. The number of non-ortho nitro benzene ring substituents is 1. The molecule has 0 saturated heterocycles. The minimum absolute atomic E-state index is 0.00239. The van der Waals surface area contributed by atoms with Crippen LogP contribution in [-0.4, -0.2) is 12.0 Å². The SMILES string of the molecule is COc1cccc(/C=C(/C#N)c2ccc([N+](=O)[O-])cc2)c1. The molecule has 104 valence electrons. The summed E-state index contributed by atoms with van der Waals surface area (Å²) in [5, 5.41) is 19.9. The molecule has 0 fully saturated rings. The van der Waals surface area contributed by atoms with E-state index in [1.807, 2.05) is 24.3 Å². The standard InChI is InChI=1S/C16H12N2O3/c1-21-16-4-2-3-12(10-16)9-14(11-17)13-5-7-15(8-6-13)18(19)20/h2-10H,1H3/b14-9-. The van der Waals surface area contributed by atoms with Crippen molar-refractivity contribution in [3.63, 3.8) is 0 Å². The van der Waals surface area contributed by atoms with Crippen LogP contribution in [0.2, 0.25) is 0 Å². The monoisotopic (exact) mass is 280 g/mol. The molecule has 0 N–H and O–H groups in total. The van der Waals surface area contributed by atoms with Crippen molar-refractivity contribution >= 4 is 17.3 Å². The molecule has 0 unspecified atom stereocenters. The number of nitro benzene ring substituents is 1. The lowest BCUT2D eigenvalue weighted by molar-refractivity contribution is -0.384. The van der Waals surface area contributed by atoms with Crippen LogP contribution in [0.5, 0.6) is 5.75 Å². The number of methoxy groups -OCH3 is 1. The number of nitrogens with zero attached hydrogens (tertiary/aromatic N) is 2. The molecular formula is C16H12N2O3. The van der Waals surface area contributed by atoms with Crippen LogP contribution in [0.1, 0.15) is 11.1 Å². The first kappa shape index (κ1) is 14.3. The summed E-state index contributed by atoms with van der Waals surface area (Å²) in [5.74, 6) is 0.699. The fourth-order valence-electron chi connectivity index (χ4n) is 1.84. The summed E-state index contributed by atoms with van der Waals surface area (Å²) < 4.78 is 5.13. The first-order chi connectivity index (χ1) is 10.1. The first-order valence-corrected chi connectivity index (χ1v) is 6.14. The Hall–Kier alpha value is -3.13. The molecule has 2 rings (SSSR count). The topological polar surface area (TPSA) is 76.2 Å². The van der Waals surface area contributed by atoms with Gasteiger partial charge in [0.15, 0.2) is 0 Å². The fourth-order valence-corrected chi connectivity index (χ4v) is 1.84. The Bertz CT molecular complexity index is 728. The van der Waals surface area contributed by atoms with Gasteiger partial charge in [-0.25, -0.2) is 0 Å². The van der Waals surface area contributed by atoms with Crippen LogP contribution in [0.4, 0.5) is 5.69 Å². The van der Waals surface area contributed by atoms with Crippen molar-refractivity contribution in [3.8, 4) is 11.8 Å². The van der Waals surface area contributed by atoms with Gasteiger partial charge in [0, 0.05) is 12.1 Å². The van der Waals surface area contributed by atoms with E-state index in [2.05, 4.69) is 6.07 Å². The average molecular weight is 280 g/mol. The van der Waals surface area contributed by atoms with Crippen LogP contribution in [0.15, 0.2) is 48.5 Å². The lowest BCUT2D eigenvalue weighted by Crippen LogP contribution is -1.88. The summed E-state index contributed by atoms with van der Waals surface area (Å²) >= 11 is 0. The summed E-state index contributed by atoms with van der Waals surface area (Å²) in [5.41, 5.74) is 1.88. The maximum atomic E-state index is 10.6. The molecular weight excluding hydrogens is 268 g/mol. The maximum absolute atomic E-state index is 10.6. The zero-order valence-electron chi connectivity index (χ0n) is 11.3. The molecule has 0 amide bonds. The van der Waals surface area contributed by atoms with Gasteiger partial charge in [-0.05, 0) is 41.5 Å². The van der Waals surface area contributed by atoms with E-state index >= 15 is 0 Å². The second-order valence-corrected chi connectivity index (χ2v) is 4.25. The Labute approximate surface area is 121 Å². The number of rotatable bonds is 4. The molecule has 0 radical (unpaired) electrons. The fraction of sp³-hybridized carbons (Fsp3) is 0.0625. The predicted molar refractivity (Wildman–Crippen MR) is 79.6 cm³/mol. The van der Waals surface area contributed by atoms with E-state index in [1.165, 1.54) is 12.1 Å². The minimum atomic E-state index is -0.471. The molecule has 2 aromatic carbocycles. The van der Waals surface area contributed by atoms with Crippen molar-refractivity contribution in [1.29, 1.82) is 5.26 Å². The van der Waals surface area contributed by atoms with Gasteiger partial charge in [-0.15, -0.1) is 0 Å². The molecule has 0 bridgehead atoms. The van der Waals surface area contributed by atoms with Crippen molar-refractivity contribution in [2.24, 2.45) is 0 Å². The van der Waals surface area contributed by atoms with Crippen LogP contribution in [0, 0.1) is 21.4 Å². The number of allylic oxidation sites excluding steroid dienone is 1. The molecule has 21 heavy (non-hydrogen) atoms. The normalized spacial score (nSPS) is 10.8. The molecule has 5 heteroatoms. The molecule has 5 nitrogen and oxygen atoms in total. The summed E-state index contributed by atoms with van der Waals surface area (Å²) in [6.45, 7) is 0. The van der Waals surface area contributed by atoms with Crippen molar-refractivity contribution in [2.75, 3.05) is 7.11 Å². The molecule has 0 aromatic heterocycles. The van der Waals surface area contributed by atoms with Gasteiger partial charge < -0.3 is 4.74 Å². The van der Waals surface area contributed by atoms with Crippen LogP contribution in [0.25, 0.3) is 11.6 Å². The van der Waals surface area contributed by atoms with Crippen molar-refractivity contribution in [1.82, 2.24) is 0 Å². The molecule has 0 atom stereocenters. The Morgan fingerprint density at radius 2 is 2.00 bits per heavy atom. The van der Waals surface area contributed by atoms with Gasteiger partial charge in [-0.1, -0.05) is 12.1 Å². The highest BCUT2D eigenvalue weighted by Crippen LogP contribution is 2.22. The number of nitriles is 1. The number of hydrogen-bond donors (Lipinski definition) is 0. The van der Waals surface area contributed by atoms with Gasteiger partial charge in [-0.3, -0.25) is 10.1 Å². The molecule has 0 aliphatic heterocycles. The van der Waals surface area contributed by atoms with Gasteiger partial charge in [-0.2, -0.15) is 5.26 Å². The molecule has 0 spiro atoms. The summed E-state index contributed by atoms with van der Waals surface area (Å²) in [6.07, 6.45) is 1.71. The van der Waals surface area contributed by atoms with Crippen LogP contribution >= 0.6 is 0 Å². The molecule has 0 saturated carbocycles. The Morgan fingerprint density at radius 1 is 1.29 bits per heavy atom. The van der Waals surface area contributed by atoms with Crippen LogP contribution in [0.3, 0.4) is 0 Å². The van der Waals surface area contributed by atoms with Crippen LogP contribution < -0.4 is 4.74 Å². The number of benzene rings is 2. The number of hydrogen-bond acceptors (Lipinski definition) is 4. The maximum Gasteiger partial charge on any atom is 0.269 e. The van der Waals surface area contributed by atoms with Gasteiger partial charge in [0.05, 0.1) is 23.7 Å². The summed E-state index contributed by atoms with van der Waals surface area (Å²) in [4.78, 5) is 10.2. The van der Waals surface area contributed by atoms with E-state index in [1.54, 1.807) is 25.3 Å². The second kappa shape index (κ2) is 6.35. The summed E-state index contributed by atoms with van der Waals surface area (Å²) in [6, 6.07) is 15.3. The Balaban J connectivity index is 2.36. The second-order valence-electron chi connectivity index (χ2n) is 4.25. The predicted octanol–water partition coefficient (Wildman–Crippen LogP) is 3.67. The lowest BCUT2D eigenvalue weighted by Gasteiger charge is -2.02. The largest absolute Gasteiger partial charge is 0.497 e. The van der Waals surface area contributed by atoms with Crippen LogP contribution in [-0.2, 0) is 0 Å². The van der Waals surface area contributed by atoms with E-state index in [4.69, 9.17) is 4.74 Å². The third-order valence-electron chi connectivity index (χ3n) is 2.91. The lowest BCUT2D eigenvalue weighted by atomic mass is 10.0. The molecule has 0 aliphatic carbocycles. The smallest absolute Gasteiger partial charge is 0.269 e. The molecule has 0 aliphatic rings. The zero-order valence-corrected chi connectivity index (χ0v) is 11.3. The Kier molecular flexibility index (Phi) is 4.32. The van der Waals surface area contributed by atoms with E-state index in [0.29, 0.717) is 16.9 Å². The van der Waals surface area contributed by atoms with Gasteiger partial charge in [0.2, 0.25) is 0 Å². The number of ether oxygens (including phenoxy) is 1. The zero-order chi connectivity index (χ0) is 15.2. The van der Waals surface area contributed by atoms with E-state index < -0.39 is 4.92 Å².